The van der Waals surface area contributed by atoms with Crippen molar-refractivity contribution in [3.05, 3.63) is 33.8 Å². The number of guanidine groups is 1. The summed E-state index contributed by atoms with van der Waals surface area (Å²) in [6.45, 7) is 4.75. The molecule has 5 N–H and O–H groups in total. The molecule has 0 heterocycles. The minimum absolute atomic E-state index is 0.193. The molecule has 0 radical (unpaired) electrons. The number of carbonyl (C=O) groups is 4. The molecule has 0 fully saturated rings. The summed E-state index contributed by atoms with van der Waals surface area (Å²) in [7, 11) is 0. The third kappa shape index (κ3) is 8.00. The molecule has 0 saturated carbocycles. The summed E-state index contributed by atoms with van der Waals surface area (Å²) in [5.41, 5.74) is 0.390. The molecule has 30 heavy (non-hydrogen) atoms. The summed E-state index contributed by atoms with van der Waals surface area (Å²) < 4.78 is 0. The van der Waals surface area contributed by atoms with Crippen molar-refractivity contribution in [2.24, 2.45) is 11.8 Å². The van der Waals surface area contributed by atoms with Gasteiger partial charge in [-0.1, -0.05) is 50.0 Å². The third-order valence-corrected chi connectivity index (χ3v) is 4.81. The maximum Gasteiger partial charge on any atom is 0.326 e. The quantitative estimate of drug-likeness (QED) is 0.298. The van der Waals surface area contributed by atoms with Gasteiger partial charge in [-0.05, 0) is 23.6 Å². The van der Waals surface area contributed by atoms with Crippen LogP contribution in [0.3, 0.4) is 0 Å². The van der Waals surface area contributed by atoms with Crippen molar-refractivity contribution < 1.29 is 24.3 Å². The van der Waals surface area contributed by atoms with E-state index in [1.807, 2.05) is 0 Å². The van der Waals surface area contributed by atoms with Gasteiger partial charge in [0.05, 0.1) is 6.42 Å². The number of carbonyl (C=O) groups excluding carboxylic acids is 3. The van der Waals surface area contributed by atoms with Gasteiger partial charge in [0.15, 0.2) is 0 Å². The minimum atomic E-state index is -1.17. The summed E-state index contributed by atoms with van der Waals surface area (Å²) in [4.78, 5) is 47.4. The lowest BCUT2D eigenvalue weighted by atomic mass is 10.0. The number of benzene rings is 1. The van der Waals surface area contributed by atoms with Crippen LogP contribution in [0.5, 0.6) is 0 Å². The largest absolute Gasteiger partial charge is 0.480 e. The second-order valence-corrected chi connectivity index (χ2v) is 7.84. The normalized spacial score (nSPS) is 12.6. The van der Waals surface area contributed by atoms with E-state index in [1.165, 1.54) is 6.92 Å². The molecule has 0 aliphatic heterocycles. The highest BCUT2D eigenvalue weighted by atomic mass is 35.5. The molecule has 1 aromatic rings. The van der Waals surface area contributed by atoms with Crippen LogP contribution in [0, 0.1) is 17.2 Å². The van der Waals surface area contributed by atoms with Crippen LogP contribution in [0.15, 0.2) is 18.2 Å². The molecule has 9 nitrogen and oxygen atoms in total. The average molecular weight is 459 g/mol. The Morgan fingerprint density at radius 3 is 2.07 bits per heavy atom. The molecule has 0 saturated heterocycles. The molecule has 1 rings (SSSR count). The first-order valence-electron chi connectivity index (χ1n) is 9.06. The van der Waals surface area contributed by atoms with Crippen LogP contribution in [0.4, 0.5) is 0 Å². The monoisotopic (exact) mass is 458 g/mol. The summed E-state index contributed by atoms with van der Waals surface area (Å²) in [5.74, 6) is -4.80. The topological polar surface area (TPSA) is 148 Å². The Morgan fingerprint density at radius 2 is 1.57 bits per heavy atom. The zero-order valence-corrected chi connectivity index (χ0v) is 18.2. The Kier molecular flexibility index (Phi) is 9.74. The van der Waals surface area contributed by atoms with Gasteiger partial charge in [-0.3, -0.25) is 30.4 Å². The number of halogens is 2. The summed E-state index contributed by atoms with van der Waals surface area (Å²) >= 11 is 12.0. The lowest BCUT2D eigenvalue weighted by molar-refractivity contribution is -0.143. The van der Waals surface area contributed by atoms with Gasteiger partial charge in [-0.25, -0.2) is 4.79 Å². The number of hydrogen-bond donors (Lipinski definition) is 5. The number of aliphatic carboxylic acids is 1. The van der Waals surface area contributed by atoms with Crippen LogP contribution in [0.25, 0.3) is 0 Å². The Morgan fingerprint density at radius 1 is 1.03 bits per heavy atom. The molecule has 0 unspecified atom stereocenters. The molecule has 0 bridgehead atoms. The van der Waals surface area contributed by atoms with Gasteiger partial charge in [0.25, 0.3) is 0 Å². The maximum atomic E-state index is 12.1. The van der Waals surface area contributed by atoms with E-state index in [-0.39, 0.29) is 18.8 Å². The van der Waals surface area contributed by atoms with Crippen molar-refractivity contribution in [2.45, 2.75) is 39.7 Å². The van der Waals surface area contributed by atoms with Gasteiger partial charge < -0.3 is 10.4 Å². The van der Waals surface area contributed by atoms with Crippen LogP contribution in [0.2, 0.25) is 10.0 Å². The number of hydrogen-bond acceptors (Lipinski definition) is 5. The van der Waals surface area contributed by atoms with Crippen molar-refractivity contribution in [1.29, 1.82) is 5.41 Å². The van der Waals surface area contributed by atoms with E-state index in [4.69, 9.17) is 33.7 Å². The van der Waals surface area contributed by atoms with Gasteiger partial charge in [0, 0.05) is 22.4 Å². The molecule has 0 aliphatic rings. The van der Waals surface area contributed by atoms with Crippen LogP contribution in [-0.4, -0.2) is 40.8 Å². The van der Waals surface area contributed by atoms with E-state index in [0.717, 1.165) is 0 Å². The van der Waals surface area contributed by atoms with E-state index in [9.17, 15) is 19.2 Å². The van der Waals surface area contributed by atoms with E-state index in [2.05, 4.69) is 16.0 Å². The number of carboxylic acid groups (broad SMARTS) is 1. The smallest absolute Gasteiger partial charge is 0.326 e. The average Bonchev–Trinajstić information content (AvgIpc) is 2.61. The highest BCUT2D eigenvalue weighted by molar-refractivity contribution is 6.36. The Hall–Kier alpha value is -2.65. The standard InChI is InChI=1S/C19H24Cl2N4O5/c1-9(2)16(18(29)30)25-17(28)10(3)7-14(26)23-19(22)24-15(27)8-11-12(20)5-4-6-13(11)21/h4-6,9-10,16H,7-8H2,1-3H3,(H,25,28)(H,29,30)(H3,22,23,24,26,27)/t10-,16-/m1/s1. The predicted octanol–water partition coefficient (Wildman–Crippen LogP) is 1.95. The van der Waals surface area contributed by atoms with Gasteiger partial charge in [-0.2, -0.15) is 0 Å². The molecular formula is C19H24Cl2N4O5. The van der Waals surface area contributed by atoms with E-state index >= 15 is 0 Å². The van der Waals surface area contributed by atoms with Crippen molar-refractivity contribution in [3.8, 4) is 0 Å². The second kappa shape index (κ2) is 11.5. The molecule has 0 aliphatic carbocycles. The predicted molar refractivity (Wildman–Crippen MR) is 112 cm³/mol. The Balaban J connectivity index is 2.53. The van der Waals surface area contributed by atoms with Crippen LogP contribution < -0.4 is 16.0 Å². The number of carboxylic acids is 1. The van der Waals surface area contributed by atoms with Crippen LogP contribution in [-0.2, 0) is 25.6 Å². The molecule has 0 aromatic heterocycles. The lowest BCUT2D eigenvalue weighted by Crippen LogP contribution is -2.48. The molecule has 1 aromatic carbocycles. The molecular weight excluding hydrogens is 435 g/mol. The van der Waals surface area contributed by atoms with Crippen molar-refractivity contribution in [1.82, 2.24) is 16.0 Å². The Labute approximate surface area is 184 Å². The maximum absolute atomic E-state index is 12.1. The van der Waals surface area contributed by atoms with Crippen LogP contribution >= 0.6 is 23.2 Å². The van der Waals surface area contributed by atoms with Crippen molar-refractivity contribution in [3.63, 3.8) is 0 Å². The zero-order valence-electron chi connectivity index (χ0n) is 16.7. The highest BCUT2D eigenvalue weighted by Crippen LogP contribution is 2.24. The first-order chi connectivity index (χ1) is 13.9. The highest BCUT2D eigenvalue weighted by Gasteiger charge is 2.26. The Bertz CT molecular complexity index is 824. The van der Waals surface area contributed by atoms with E-state index < -0.39 is 41.6 Å². The SMILES string of the molecule is CC(C)[C@@H](NC(=O)[C@H](C)CC(=O)NC(=N)NC(=O)Cc1c(Cl)cccc1Cl)C(=O)O. The van der Waals surface area contributed by atoms with Gasteiger partial charge in [0.2, 0.25) is 23.7 Å². The molecule has 3 amide bonds. The number of nitrogens with one attached hydrogen (secondary N) is 4. The van der Waals surface area contributed by atoms with Crippen molar-refractivity contribution >= 4 is 52.9 Å². The number of rotatable bonds is 8. The molecule has 2 atom stereocenters. The van der Waals surface area contributed by atoms with Gasteiger partial charge in [-0.15, -0.1) is 0 Å². The van der Waals surface area contributed by atoms with E-state index in [1.54, 1.807) is 32.0 Å². The molecule has 11 heteroatoms. The molecule has 164 valence electrons. The minimum Gasteiger partial charge on any atom is -0.480 e. The second-order valence-electron chi connectivity index (χ2n) is 7.02. The fourth-order valence-corrected chi connectivity index (χ4v) is 2.98. The first kappa shape index (κ1) is 25.4. The van der Waals surface area contributed by atoms with Crippen molar-refractivity contribution in [2.75, 3.05) is 0 Å². The fourth-order valence-electron chi connectivity index (χ4n) is 2.45. The summed E-state index contributed by atoms with van der Waals surface area (Å²) in [5, 5.41) is 24.1. The first-order valence-corrected chi connectivity index (χ1v) is 9.82. The lowest BCUT2D eigenvalue weighted by Gasteiger charge is -2.20. The summed E-state index contributed by atoms with van der Waals surface area (Å²) in [6.07, 6.45) is -0.494. The van der Waals surface area contributed by atoms with E-state index in [0.29, 0.717) is 15.6 Å². The van der Waals surface area contributed by atoms with Gasteiger partial charge >= 0.3 is 5.97 Å². The van der Waals surface area contributed by atoms with Gasteiger partial charge in [0.1, 0.15) is 6.04 Å². The molecule has 0 spiro atoms. The number of amides is 3. The van der Waals surface area contributed by atoms with Crippen LogP contribution in [0.1, 0.15) is 32.8 Å². The fraction of sp³-hybridized carbons (Fsp3) is 0.421. The summed E-state index contributed by atoms with van der Waals surface area (Å²) in [6, 6.07) is 3.70. The third-order valence-electron chi connectivity index (χ3n) is 4.10. The zero-order chi connectivity index (χ0) is 23.0.